The minimum absolute atomic E-state index is 0.0641. The van der Waals surface area contributed by atoms with E-state index in [4.69, 9.17) is 16.6 Å². The normalized spacial score (nSPS) is 37.5. The number of likely N-dealkylation sites (tertiary alicyclic amines) is 2. The summed E-state index contributed by atoms with van der Waals surface area (Å²) in [4.78, 5) is 19.9. The fraction of sp³-hybridized carbons (Fsp3) is 0.630. The van der Waals surface area contributed by atoms with Gasteiger partial charge in [0.25, 0.3) is 0 Å². The number of hydrogen-bond acceptors (Lipinski definition) is 7. The number of hydrogen-bond donors (Lipinski definition) is 1. The van der Waals surface area contributed by atoms with Crippen LogP contribution in [0, 0.1) is 0 Å². The topological polar surface area (TPSA) is 58.4 Å². The lowest BCUT2D eigenvalue weighted by Gasteiger charge is -2.50. The number of piperazine rings is 1. The van der Waals surface area contributed by atoms with Crippen LogP contribution in [-0.4, -0.2) is 99.0 Å². The van der Waals surface area contributed by atoms with Crippen molar-refractivity contribution in [2.75, 3.05) is 33.8 Å². The lowest BCUT2D eigenvalue weighted by atomic mass is 9.78. The molecular formula is C27H37ClN6O. The summed E-state index contributed by atoms with van der Waals surface area (Å²) in [5.41, 5.74) is 0.500. The van der Waals surface area contributed by atoms with Crippen LogP contribution in [0.25, 0.3) is 0 Å². The van der Waals surface area contributed by atoms with Gasteiger partial charge >= 0.3 is 0 Å². The van der Waals surface area contributed by atoms with Crippen molar-refractivity contribution in [3.63, 3.8) is 0 Å². The molecule has 0 aromatic carbocycles. The molecule has 0 aliphatic carbocycles. The number of aliphatic hydroxyl groups excluding tert-OH is 1. The largest absolute Gasteiger partial charge is 0.394 e. The van der Waals surface area contributed by atoms with Crippen molar-refractivity contribution in [3.8, 4) is 0 Å². The highest BCUT2D eigenvalue weighted by Gasteiger charge is 2.54. The summed E-state index contributed by atoms with van der Waals surface area (Å²) in [6.45, 7) is 4.38. The molecular weight excluding hydrogens is 460 g/mol. The second kappa shape index (κ2) is 8.87. The summed E-state index contributed by atoms with van der Waals surface area (Å²) in [7, 11) is 4.45. The van der Waals surface area contributed by atoms with E-state index in [1.165, 1.54) is 18.7 Å². The molecule has 6 rings (SSSR count). The number of allylic oxidation sites excluding steroid dienone is 2. The molecule has 0 radical (unpaired) electrons. The Morgan fingerprint density at radius 1 is 1.11 bits per heavy atom. The van der Waals surface area contributed by atoms with Gasteiger partial charge in [-0.05, 0) is 77.4 Å². The number of pyridine rings is 1. The van der Waals surface area contributed by atoms with Crippen molar-refractivity contribution in [2.24, 2.45) is 4.99 Å². The Balaban J connectivity index is 1.30. The van der Waals surface area contributed by atoms with Gasteiger partial charge in [-0.2, -0.15) is 0 Å². The van der Waals surface area contributed by atoms with Crippen LogP contribution in [-0.2, 0) is 0 Å². The van der Waals surface area contributed by atoms with E-state index < -0.39 is 5.54 Å². The SMILES string of the molecule is CN1C2CCC1CN(C1=CC=CC3=N[C@@](C)([C@H]4CCC[C@@H](c5ncccc5Cl)N4C)C(CO)N13)C2. The van der Waals surface area contributed by atoms with Gasteiger partial charge in [-0.1, -0.05) is 17.7 Å². The van der Waals surface area contributed by atoms with Crippen LogP contribution in [0.4, 0.5) is 0 Å². The van der Waals surface area contributed by atoms with Gasteiger partial charge in [0.05, 0.1) is 34.9 Å². The Kier molecular flexibility index (Phi) is 5.95. The summed E-state index contributed by atoms with van der Waals surface area (Å²) in [5, 5.41) is 11.5. The smallest absolute Gasteiger partial charge is 0.130 e. The molecule has 5 aliphatic heterocycles. The van der Waals surface area contributed by atoms with Crippen LogP contribution in [0.2, 0.25) is 5.02 Å². The van der Waals surface area contributed by atoms with E-state index in [2.05, 4.69) is 63.8 Å². The Morgan fingerprint density at radius 2 is 1.89 bits per heavy atom. The van der Waals surface area contributed by atoms with E-state index in [-0.39, 0.29) is 24.7 Å². The van der Waals surface area contributed by atoms with Gasteiger partial charge in [0.1, 0.15) is 11.7 Å². The Morgan fingerprint density at radius 3 is 2.60 bits per heavy atom. The highest BCUT2D eigenvalue weighted by atomic mass is 35.5. The number of aliphatic imine (C=N–C) groups is 1. The predicted molar refractivity (Wildman–Crippen MR) is 139 cm³/mol. The van der Waals surface area contributed by atoms with Crippen LogP contribution < -0.4 is 0 Å². The van der Waals surface area contributed by atoms with Crippen molar-refractivity contribution in [3.05, 3.63) is 53.1 Å². The lowest BCUT2D eigenvalue weighted by Crippen LogP contribution is -2.61. The molecule has 1 aromatic rings. The van der Waals surface area contributed by atoms with E-state index in [0.717, 1.165) is 48.9 Å². The Hall–Kier alpha value is -1.93. The first-order valence-corrected chi connectivity index (χ1v) is 13.5. The molecule has 188 valence electrons. The number of nitrogens with zero attached hydrogens (tertiary/aromatic N) is 6. The van der Waals surface area contributed by atoms with E-state index in [1.54, 1.807) is 0 Å². The summed E-state index contributed by atoms with van der Waals surface area (Å²) >= 11 is 6.57. The number of aliphatic hydroxyl groups is 1. The third kappa shape index (κ3) is 3.66. The van der Waals surface area contributed by atoms with Gasteiger partial charge in [0.15, 0.2) is 0 Å². The van der Waals surface area contributed by atoms with Crippen molar-refractivity contribution in [1.82, 2.24) is 24.6 Å². The van der Waals surface area contributed by atoms with Gasteiger partial charge in [-0.3, -0.25) is 19.8 Å². The van der Waals surface area contributed by atoms with Crippen molar-refractivity contribution >= 4 is 17.4 Å². The quantitative estimate of drug-likeness (QED) is 0.690. The molecule has 3 saturated heterocycles. The highest BCUT2D eigenvalue weighted by Crippen LogP contribution is 2.45. The fourth-order valence-electron chi connectivity index (χ4n) is 7.42. The molecule has 3 fully saturated rings. The van der Waals surface area contributed by atoms with E-state index >= 15 is 0 Å². The molecule has 1 aromatic heterocycles. The summed E-state index contributed by atoms with van der Waals surface area (Å²) in [5.74, 6) is 2.17. The third-order valence-corrected chi connectivity index (χ3v) is 9.71. The maximum Gasteiger partial charge on any atom is 0.130 e. The average molecular weight is 497 g/mol. The Bertz CT molecular complexity index is 1060. The summed E-state index contributed by atoms with van der Waals surface area (Å²) < 4.78 is 0. The maximum atomic E-state index is 10.8. The van der Waals surface area contributed by atoms with E-state index in [9.17, 15) is 5.11 Å². The number of halogens is 1. The lowest BCUT2D eigenvalue weighted by molar-refractivity contribution is 0.0205. The van der Waals surface area contributed by atoms with Crippen molar-refractivity contribution < 1.29 is 5.11 Å². The first kappa shape index (κ1) is 23.5. The maximum absolute atomic E-state index is 10.8. The van der Waals surface area contributed by atoms with Crippen LogP contribution in [0.1, 0.15) is 50.8 Å². The Labute approximate surface area is 213 Å². The van der Waals surface area contributed by atoms with Crippen LogP contribution >= 0.6 is 11.6 Å². The molecule has 0 amide bonds. The van der Waals surface area contributed by atoms with Crippen LogP contribution in [0.15, 0.2) is 47.4 Å². The van der Waals surface area contributed by atoms with Gasteiger partial charge in [-0.15, -0.1) is 0 Å². The van der Waals surface area contributed by atoms with Crippen LogP contribution in [0.5, 0.6) is 0 Å². The summed E-state index contributed by atoms with van der Waals surface area (Å²) in [6.07, 6.45) is 14.0. The molecule has 35 heavy (non-hydrogen) atoms. The van der Waals surface area contributed by atoms with Gasteiger partial charge in [-0.25, -0.2) is 0 Å². The van der Waals surface area contributed by atoms with Crippen LogP contribution in [0.3, 0.4) is 0 Å². The number of rotatable bonds is 4. The molecule has 2 bridgehead atoms. The zero-order valence-corrected chi connectivity index (χ0v) is 21.8. The molecule has 3 unspecified atom stereocenters. The molecule has 0 spiro atoms. The first-order valence-electron chi connectivity index (χ1n) is 13.1. The second-order valence-corrected chi connectivity index (χ2v) is 11.5. The number of aromatic nitrogens is 1. The van der Waals surface area contributed by atoms with E-state index in [1.807, 2.05) is 18.3 Å². The van der Waals surface area contributed by atoms with Crippen molar-refractivity contribution in [2.45, 2.75) is 74.8 Å². The standard InChI is InChI=1S/C27H37ClN6O/c1-27(22-9-4-8-21(32(22)3)26-20(28)7-6-14-29-26)23(17-35)34-24(30-27)10-5-11-25(34)33-15-18-12-13-19(16-33)31(18)2/h5-7,10-11,14,18-19,21-23,35H,4,8-9,12-13,15-17H2,1-3H3/t18?,19?,21-,22+,23?,27-/m0/s1. The average Bonchev–Trinajstić information content (AvgIpc) is 3.24. The zero-order valence-electron chi connectivity index (χ0n) is 21.0. The van der Waals surface area contributed by atoms with E-state index in [0.29, 0.717) is 12.1 Å². The van der Waals surface area contributed by atoms with Gasteiger partial charge in [0, 0.05) is 37.4 Å². The molecule has 1 N–H and O–H groups in total. The van der Waals surface area contributed by atoms with Gasteiger partial charge in [0.2, 0.25) is 0 Å². The second-order valence-electron chi connectivity index (χ2n) is 11.1. The number of piperidine rings is 1. The fourth-order valence-corrected chi connectivity index (χ4v) is 7.67. The molecule has 6 atom stereocenters. The number of fused-ring (bicyclic) bond motifs is 3. The third-order valence-electron chi connectivity index (χ3n) is 9.39. The minimum Gasteiger partial charge on any atom is -0.394 e. The van der Waals surface area contributed by atoms with Gasteiger partial charge < -0.3 is 14.9 Å². The number of likely N-dealkylation sites (N-methyl/N-ethyl adjacent to an activating group) is 2. The molecule has 0 saturated carbocycles. The molecule has 7 nitrogen and oxygen atoms in total. The monoisotopic (exact) mass is 496 g/mol. The first-order chi connectivity index (χ1) is 16.9. The summed E-state index contributed by atoms with van der Waals surface area (Å²) in [6, 6.07) is 5.24. The predicted octanol–water partition coefficient (Wildman–Crippen LogP) is 3.28. The molecule has 6 heterocycles. The highest BCUT2D eigenvalue weighted by molar-refractivity contribution is 6.31. The number of amidine groups is 1. The molecule has 8 heteroatoms. The zero-order chi connectivity index (χ0) is 24.3. The molecule has 5 aliphatic rings. The van der Waals surface area contributed by atoms with Crippen molar-refractivity contribution in [1.29, 1.82) is 0 Å². The minimum atomic E-state index is -0.446.